The maximum absolute atomic E-state index is 12.5. The minimum Gasteiger partial charge on any atom is -0.454 e. The fourth-order valence-electron chi connectivity index (χ4n) is 3.83. The van der Waals surface area contributed by atoms with E-state index in [-0.39, 0.29) is 18.7 Å². The predicted octanol–water partition coefficient (Wildman–Crippen LogP) is 1.59. The lowest BCUT2D eigenvalue weighted by Gasteiger charge is -2.36. The van der Waals surface area contributed by atoms with Gasteiger partial charge >= 0.3 is 0 Å². The zero-order chi connectivity index (χ0) is 14.4. The molecule has 3 aliphatic rings. The summed E-state index contributed by atoms with van der Waals surface area (Å²) in [4.78, 5) is 14.8. The minimum atomic E-state index is -0.195. The van der Waals surface area contributed by atoms with Gasteiger partial charge in [-0.25, -0.2) is 0 Å². The third kappa shape index (κ3) is 2.30. The molecule has 2 unspecified atom stereocenters. The number of carbonyl (C=O) groups excluding carboxylic acids is 1. The van der Waals surface area contributed by atoms with Crippen molar-refractivity contribution in [1.29, 1.82) is 0 Å². The molecule has 0 saturated carbocycles. The Balaban J connectivity index is 1.49. The average Bonchev–Trinajstić information content (AvgIpc) is 3.02. The number of carbonyl (C=O) groups is 1. The summed E-state index contributed by atoms with van der Waals surface area (Å²) in [5, 5.41) is 9.82. The SMILES string of the molecule is O=C(CN1C2CCC1CC(O)C2)c1ccc2c(c1)OCO2. The van der Waals surface area contributed by atoms with E-state index in [2.05, 4.69) is 4.90 Å². The van der Waals surface area contributed by atoms with Crippen LogP contribution in [0.2, 0.25) is 0 Å². The van der Waals surface area contributed by atoms with E-state index >= 15 is 0 Å². The van der Waals surface area contributed by atoms with Gasteiger partial charge < -0.3 is 14.6 Å². The Kier molecular flexibility index (Phi) is 3.12. The molecule has 1 aromatic rings. The van der Waals surface area contributed by atoms with Gasteiger partial charge in [-0.3, -0.25) is 9.69 Å². The van der Waals surface area contributed by atoms with Crippen LogP contribution in [0.5, 0.6) is 11.5 Å². The van der Waals surface area contributed by atoms with Gasteiger partial charge in [0.15, 0.2) is 17.3 Å². The highest BCUT2D eigenvalue weighted by atomic mass is 16.7. The van der Waals surface area contributed by atoms with Crippen LogP contribution in [0.15, 0.2) is 18.2 Å². The number of nitrogens with zero attached hydrogens (tertiary/aromatic N) is 1. The number of piperidine rings is 1. The molecule has 2 saturated heterocycles. The van der Waals surface area contributed by atoms with Gasteiger partial charge in [-0.1, -0.05) is 0 Å². The maximum Gasteiger partial charge on any atom is 0.231 e. The van der Waals surface area contributed by atoms with Crippen molar-refractivity contribution in [3.05, 3.63) is 23.8 Å². The van der Waals surface area contributed by atoms with Crippen molar-refractivity contribution in [3.8, 4) is 11.5 Å². The van der Waals surface area contributed by atoms with E-state index in [0.717, 1.165) is 25.7 Å². The van der Waals surface area contributed by atoms with Crippen molar-refractivity contribution in [2.45, 2.75) is 43.9 Å². The smallest absolute Gasteiger partial charge is 0.231 e. The number of Topliss-reactive ketones (excluding diaryl/α,β-unsaturated/α-hetero) is 1. The molecule has 1 aromatic carbocycles. The summed E-state index contributed by atoms with van der Waals surface area (Å²) in [5.41, 5.74) is 0.671. The molecule has 5 heteroatoms. The number of aliphatic hydroxyl groups is 1. The second-order valence-corrected chi connectivity index (χ2v) is 6.17. The summed E-state index contributed by atoms with van der Waals surface area (Å²) >= 11 is 0. The lowest BCUT2D eigenvalue weighted by Crippen LogP contribution is -2.46. The lowest BCUT2D eigenvalue weighted by molar-refractivity contribution is 0.0344. The molecule has 21 heavy (non-hydrogen) atoms. The molecule has 5 nitrogen and oxygen atoms in total. The van der Waals surface area contributed by atoms with E-state index in [1.54, 1.807) is 18.2 Å². The van der Waals surface area contributed by atoms with Crippen LogP contribution in [-0.4, -0.2) is 47.3 Å². The van der Waals surface area contributed by atoms with Crippen molar-refractivity contribution in [1.82, 2.24) is 4.90 Å². The summed E-state index contributed by atoms with van der Waals surface area (Å²) in [6.07, 6.45) is 3.58. The Morgan fingerprint density at radius 3 is 2.67 bits per heavy atom. The van der Waals surface area contributed by atoms with Crippen LogP contribution >= 0.6 is 0 Å². The van der Waals surface area contributed by atoms with Crippen molar-refractivity contribution >= 4 is 5.78 Å². The van der Waals surface area contributed by atoms with Crippen LogP contribution < -0.4 is 9.47 Å². The molecule has 4 rings (SSSR count). The minimum absolute atomic E-state index is 0.113. The van der Waals surface area contributed by atoms with Gasteiger partial charge in [-0.2, -0.15) is 0 Å². The Bertz CT molecular complexity index is 559. The van der Waals surface area contributed by atoms with Crippen LogP contribution in [-0.2, 0) is 0 Å². The summed E-state index contributed by atoms with van der Waals surface area (Å²) in [6, 6.07) is 6.08. The molecule has 2 bridgehead atoms. The van der Waals surface area contributed by atoms with E-state index in [1.807, 2.05) is 0 Å². The topological polar surface area (TPSA) is 59.0 Å². The van der Waals surface area contributed by atoms with Crippen molar-refractivity contribution in [2.24, 2.45) is 0 Å². The molecule has 1 N–H and O–H groups in total. The van der Waals surface area contributed by atoms with Crippen molar-refractivity contribution in [2.75, 3.05) is 13.3 Å². The summed E-state index contributed by atoms with van der Waals surface area (Å²) in [5.74, 6) is 1.46. The van der Waals surface area contributed by atoms with Gasteiger partial charge in [-0.05, 0) is 43.9 Å². The summed E-state index contributed by atoms with van der Waals surface area (Å²) in [7, 11) is 0. The monoisotopic (exact) mass is 289 g/mol. The second-order valence-electron chi connectivity index (χ2n) is 6.17. The fourth-order valence-corrected chi connectivity index (χ4v) is 3.83. The largest absolute Gasteiger partial charge is 0.454 e. The molecule has 0 radical (unpaired) electrons. The van der Waals surface area contributed by atoms with Crippen LogP contribution in [0, 0.1) is 0 Å². The molecule has 112 valence electrons. The first kappa shape index (κ1) is 13.1. The highest BCUT2D eigenvalue weighted by molar-refractivity contribution is 5.98. The first-order valence-electron chi connectivity index (χ1n) is 7.57. The van der Waals surface area contributed by atoms with Crippen molar-refractivity contribution < 1.29 is 19.4 Å². The van der Waals surface area contributed by atoms with Gasteiger partial charge in [0, 0.05) is 17.6 Å². The third-order valence-electron chi connectivity index (χ3n) is 4.88. The number of hydrogen-bond acceptors (Lipinski definition) is 5. The van der Waals surface area contributed by atoms with Gasteiger partial charge in [0.25, 0.3) is 0 Å². The van der Waals surface area contributed by atoms with Gasteiger partial charge in [-0.15, -0.1) is 0 Å². The summed E-state index contributed by atoms with van der Waals surface area (Å²) < 4.78 is 10.6. The Morgan fingerprint density at radius 2 is 1.90 bits per heavy atom. The number of hydrogen-bond donors (Lipinski definition) is 1. The molecular formula is C16H19NO4. The van der Waals surface area contributed by atoms with Crippen LogP contribution in [0.25, 0.3) is 0 Å². The standard InChI is InChI=1S/C16H19NO4/c18-13-6-11-2-3-12(7-13)17(11)8-14(19)10-1-4-15-16(5-10)21-9-20-15/h1,4-5,11-13,18H,2-3,6-9H2. The van der Waals surface area contributed by atoms with E-state index < -0.39 is 0 Å². The third-order valence-corrected chi connectivity index (χ3v) is 4.88. The molecule has 0 amide bonds. The normalized spacial score (nSPS) is 30.6. The van der Waals surface area contributed by atoms with Crippen LogP contribution in [0.1, 0.15) is 36.0 Å². The van der Waals surface area contributed by atoms with E-state index in [4.69, 9.17) is 9.47 Å². The van der Waals surface area contributed by atoms with Gasteiger partial charge in [0.05, 0.1) is 12.6 Å². The highest BCUT2D eigenvalue weighted by Crippen LogP contribution is 2.36. The number of ether oxygens (including phenoxy) is 2. The number of ketones is 1. The van der Waals surface area contributed by atoms with Crippen LogP contribution in [0.4, 0.5) is 0 Å². The molecule has 0 aliphatic carbocycles. The Labute approximate surface area is 123 Å². The zero-order valence-electron chi connectivity index (χ0n) is 11.8. The first-order chi connectivity index (χ1) is 10.2. The fraction of sp³-hybridized carbons (Fsp3) is 0.562. The molecule has 3 aliphatic heterocycles. The van der Waals surface area contributed by atoms with Gasteiger partial charge in [0.2, 0.25) is 6.79 Å². The van der Waals surface area contributed by atoms with Gasteiger partial charge in [0.1, 0.15) is 0 Å². The molecule has 2 fully saturated rings. The zero-order valence-corrected chi connectivity index (χ0v) is 11.8. The number of rotatable bonds is 3. The quantitative estimate of drug-likeness (QED) is 0.856. The molecule has 2 atom stereocenters. The molecule has 0 aromatic heterocycles. The Morgan fingerprint density at radius 1 is 1.19 bits per heavy atom. The number of aliphatic hydroxyl groups excluding tert-OH is 1. The molecule has 0 spiro atoms. The van der Waals surface area contributed by atoms with Crippen molar-refractivity contribution in [3.63, 3.8) is 0 Å². The average molecular weight is 289 g/mol. The second kappa shape index (κ2) is 5.00. The van der Waals surface area contributed by atoms with Crippen LogP contribution in [0.3, 0.4) is 0 Å². The number of benzene rings is 1. The highest BCUT2D eigenvalue weighted by Gasteiger charge is 2.40. The summed E-state index contributed by atoms with van der Waals surface area (Å²) in [6.45, 7) is 0.656. The molecular weight excluding hydrogens is 270 g/mol. The maximum atomic E-state index is 12.5. The first-order valence-corrected chi connectivity index (χ1v) is 7.57. The lowest BCUT2D eigenvalue weighted by atomic mass is 9.99. The Hall–Kier alpha value is -1.59. The van der Waals surface area contributed by atoms with E-state index in [1.165, 1.54) is 0 Å². The predicted molar refractivity (Wildman–Crippen MR) is 75.7 cm³/mol. The number of fused-ring (bicyclic) bond motifs is 3. The van der Waals surface area contributed by atoms with E-state index in [9.17, 15) is 9.90 Å². The molecule has 3 heterocycles. The van der Waals surface area contributed by atoms with E-state index in [0.29, 0.717) is 35.7 Å².